The lowest BCUT2D eigenvalue weighted by Gasteiger charge is -2.10. The topological polar surface area (TPSA) is 26.3 Å². The number of hydrogen-bond acceptors (Lipinski definition) is 2. The lowest BCUT2D eigenvalue weighted by Crippen LogP contribution is -2.07. The van der Waals surface area contributed by atoms with Gasteiger partial charge in [0.05, 0.1) is 6.61 Å². The predicted octanol–water partition coefficient (Wildman–Crippen LogP) is 4.64. The zero-order valence-electron chi connectivity index (χ0n) is 11.4. The third kappa shape index (κ3) is 3.61. The van der Waals surface area contributed by atoms with Crippen LogP contribution in [0.2, 0.25) is 0 Å². The Kier molecular flexibility index (Phi) is 5.19. The monoisotopic (exact) mass is 288 g/mol. The van der Waals surface area contributed by atoms with Gasteiger partial charge in [0.2, 0.25) is 0 Å². The van der Waals surface area contributed by atoms with Gasteiger partial charge in [0.1, 0.15) is 11.1 Å². The molecule has 0 aliphatic heterocycles. The normalized spacial score (nSPS) is 11.9. The van der Waals surface area contributed by atoms with E-state index in [1.165, 1.54) is 0 Å². The molecule has 3 heteroatoms. The van der Waals surface area contributed by atoms with Crippen molar-refractivity contribution in [3.63, 3.8) is 0 Å². The number of benzene rings is 2. The first-order valence-electron chi connectivity index (χ1n) is 6.68. The second-order valence-corrected chi connectivity index (χ2v) is 4.95. The molecule has 0 radical (unpaired) electrons. The summed E-state index contributed by atoms with van der Waals surface area (Å²) < 4.78 is 5.54. The lowest BCUT2D eigenvalue weighted by molar-refractivity contribution is 0.0986. The van der Waals surface area contributed by atoms with Gasteiger partial charge in [-0.15, -0.1) is 11.6 Å². The SMILES string of the molecule is CCCOc1cccc(C(=O)C(Cl)c2ccccc2)c1. The van der Waals surface area contributed by atoms with E-state index in [2.05, 4.69) is 0 Å². The fourth-order valence-corrected chi connectivity index (χ4v) is 2.15. The van der Waals surface area contributed by atoms with Gasteiger partial charge in [-0.1, -0.05) is 49.4 Å². The Morgan fingerprint density at radius 2 is 1.90 bits per heavy atom. The number of carbonyl (C=O) groups excluding carboxylic acids is 1. The summed E-state index contributed by atoms with van der Waals surface area (Å²) in [7, 11) is 0. The standard InChI is InChI=1S/C17H17ClO2/c1-2-11-20-15-10-6-9-14(12-15)17(19)16(18)13-7-4-3-5-8-13/h3-10,12,16H,2,11H2,1H3. The molecule has 0 saturated carbocycles. The Bertz CT molecular complexity index is 566. The van der Waals surface area contributed by atoms with E-state index in [-0.39, 0.29) is 5.78 Å². The number of halogens is 1. The Morgan fingerprint density at radius 1 is 1.15 bits per heavy atom. The van der Waals surface area contributed by atoms with Crippen molar-refractivity contribution >= 4 is 17.4 Å². The molecule has 0 bridgehead atoms. The summed E-state index contributed by atoms with van der Waals surface area (Å²) in [6, 6.07) is 16.5. The van der Waals surface area contributed by atoms with Gasteiger partial charge in [-0.25, -0.2) is 0 Å². The fraction of sp³-hybridized carbons (Fsp3) is 0.235. The minimum atomic E-state index is -0.669. The van der Waals surface area contributed by atoms with Crippen LogP contribution in [0, 0.1) is 0 Å². The van der Waals surface area contributed by atoms with E-state index in [0.29, 0.717) is 17.9 Å². The largest absolute Gasteiger partial charge is 0.494 e. The Balaban J connectivity index is 2.16. The Morgan fingerprint density at radius 3 is 2.60 bits per heavy atom. The van der Waals surface area contributed by atoms with Crippen LogP contribution in [-0.4, -0.2) is 12.4 Å². The minimum Gasteiger partial charge on any atom is -0.494 e. The molecule has 0 heterocycles. The first kappa shape index (κ1) is 14.6. The number of rotatable bonds is 6. The molecule has 2 rings (SSSR count). The first-order valence-corrected chi connectivity index (χ1v) is 7.12. The summed E-state index contributed by atoms with van der Waals surface area (Å²) in [5.74, 6) is 0.592. The fourth-order valence-electron chi connectivity index (χ4n) is 1.88. The molecule has 0 saturated heterocycles. The summed E-state index contributed by atoms with van der Waals surface area (Å²) in [5, 5.41) is -0.669. The van der Waals surface area contributed by atoms with Crippen LogP contribution in [0.25, 0.3) is 0 Å². The second kappa shape index (κ2) is 7.11. The molecule has 20 heavy (non-hydrogen) atoms. The molecule has 0 amide bonds. The van der Waals surface area contributed by atoms with Gasteiger partial charge in [-0.05, 0) is 24.1 Å². The van der Waals surface area contributed by atoms with Crippen LogP contribution in [0.15, 0.2) is 54.6 Å². The zero-order valence-corrected chi connectivity index (χ0v) is 12.1. The van der Waals surface area contributed by atoms with E-state index in [4.69, 9.17) is 16.3 Å². The van der Waals surface area contributed by atoms with Gasteiger partial charge in [0, 0.05) is 5.56 Å². The molecule has 0 fully saturated rings. The molecule has 0 aliphatic carbocycles. The van der Waals surface area contributed by atoms with Crippen LogP contribution >= 0.6 is 11.6 Å². The molecule has 0 spiro atoms. The first-order chi connectivity index (χ1) is 9.72. The maximum Gasteiger partial charge on any atom is 0.185 e. The molecule has 2 aromatic carbocycles. The van der Waals surface area contributed by atoms with Gasteiger partial charge in [0.25, 0.3) is 0 Å². The number of carbonyl (C=O) groups is 1. The van der Waals surface area contributed by atoms with E-state index < -0.39 is 5.38 Å². The van der Waals surface area contributed by atoms with Gasteiger partial charge in [-0.2, -0.15) is 0 Å². The van der Waals surface area contributed by atoms with Crippen LogP contribution in [0.3, 0.4) is 0 Å². The van der Waals surface area contributed by atoms with Crippen molar-refractivity contribution in [3.05, 3.63) is 65.7 Å². The van der Waals surface area contributed by atoms with Crippen molar-refractivity contribution in [3.8, 4) is 5.75 Å². The van der Waals surface area contributed by atoms with Crippen LogP contribution in [-0.2, 0) is 0 Å². The summed E-state index contributed by atoms with van der Waals surface area (Å²) in [6.07, 6.45) is 0.931. The highest BCUT2D eigenvalue weighted by Gasteiger charge is 2.19. The highest BCUT2D eigenvalue weighted by molar-refractivity contribution is 6.33. The minimum absolute atomic E-state index is 0.111. The average molecular weight is 289 g/mol. The smallest absolute Gasteiger partial charge is 0.185 e. The highest BCUT2D eigenvalue weighted by Crippen LogP contribution is 2.26. The number of hydrogen-bond donors (Lipinski definition) is 0. The maximum absolute atomic E-state index is 12.4. The van der Waals surface area contributed by atoms with Crippen molar-refractivity contribution in [1.82, 2.24) is 0 Å². The van der Waals surface area contributed by atoms with Gasteiger partial charge in [-0.3, -0.25) is 4.79 Å². The third-order valence-corrected chi connectivity index (χ3v) is 3.36. The van der Waals surface area contributed by atoms with Crippen molar-refractivity contribution in [2.45, 2.75) is 18.7 Å². The van der Waals surface area contributed by atoms with Gasteiger partial charge < -0.3 is 4.74 Å². The molecule has 1 atom stereocenters. The average Bonchev–Trinajstić information content (AvgIpc) is 2.52. The number of alkyl halides is 1. The summed E-state index contributed by atoms with van der Waals surface area (Å²) in [4.78, 5) is 12.4. The van der Waals surface area contributed by atoms with E-state index in [1.807, 2.05) is 49.4 Å². The van der Waals surface area contributed by atoms with Crippen molar-refractivity contribution in [1.29, 1.82) is 0 Å². The molecule has 1 unspecified atom stereocenters. The molecule has 0 N–H and O–H groups in total. The highest BCUT2D eigenvalue weighted by atomic mass is 35.5. The Hall–Kier alpha value is -1.80. The van der Waals surface area contributed by atoms with E-state index in [0.717, 1.165) is 12.0 Å². The molecule has 104 valence electrons. The molecule has 0 aliphatic rings. The summed E-state index contributed by atoms with van der Waals surface area (Å²) >= 11 is 6.26. The molecular weight excluding hydrogens is 272 g/mol. The van der Waals surface area contributed by atoms with E-state index in [9.17, 15) is 4.79 Å². The zero-order chi connectivity index (χ0) is 14.4. The van der Waals surface area contributed by atoms with Gasteiger partial charge >= 0.3 is 0 Å². The van der Waals surface area contributed by atoms with Crippen LogP contribution < -0.4 is 4.74 Å². The molecule has 2 nitrogen and oxygen atoms in total. The predicted molar refractivity (Wildman–Crippen MR) is 81.6 cm³/mol. The van der Waals surface area contributed by atoms with Crippen LogP contribution in [0.4, 0.5) is 0 Å². The summed E-state index contributed by atoms with van der Waals surface area (Å²) in [6.45, 7) is 2.68. The van der Waals surface area contributed by atoms with Crippen molar-refractivity contribution < 1.29 is 9.53 Å². The molecular formula is C17H17ClO2. The van der Waals surface area contributed by atoms with Crippen LogP contribution in [0.5, 0.6) is 5.75 Å². The number of ether oxygens (including phenoxy) is 1. The number of ketones is 1. The van der Waals surface area contributed by atoms with Gasteiger partial charge in [0.15, 0.2) is 5.78 Å². The lowest BCUT2D eigenvalue weighted by atomic mass is 10.0. The van der Waals surface area contributed by atoms with Crippen molar-refractivity contribution in [2.24, 2.45) is 0 Å². The Labute approximate surface area is 124 Å². The quantitative estimate of drug-likeness (QED) is 0.572. The van der Waals surface area contributed by atoms with E-state index >= 15 is 0 Å². The summed E-state index contributed by atoms with van der Waals surface area (Å²) in [5.41, 5.74) is 1.38. The van der Waals surface area contributed by atoms with Crippen molar-refractivity contribution in [2.75, 3.05) is 6.61 Å². The maximum atomic E-state index is 12.4. The number of Topliss-reactive ketones (excluding diaryl/α,β-unsaturated/α-hetero) is 1. The molecule has 2 aromatic rings. The third-order valence-electron chi connectivity index (χ3n) is 2.91. The molecule has 0 aromatic heterocycles. The second-order valence-electron chi connectivity index (χ2n) is 4.51. The van der Waals surface area contributed by atoms with E-state index in [1.54, 1.807) is 12.1 Å². The van der Waals surface area contributed by atoms with Crippen LogP contribution in [0.1, 0.15) is 34.6 Å².